The Hall–Kier alpha value is -3.11. The number of rotatable bonds is 4. The van der Waals surface area contributed by atoms with Gasteiger partial charge in [-0.2, -0.15) is 5.10 Å². The second kappa shape index (κ2) is 6.71. The number of carbonyl (C=O) groups is 1. The molecule has 8 nitrogen and oxygen atoms in total. The molecule has 0 radical (unpaired) electrons. The maximum Gasteiger partial charge on any atom is 0.231 e. The van der Waals surface area contributed by atoms with Crippen molar-refractivity contribution in [3.05, 3.63) is 41.2 Å². The minimum Gasteiger partial charge on any atom is -0.324 e. The lowest BCUT2D eigenvalue weighted by Crippen LogP contribution is -2.15. The van der Waals surface area contributed by atoms with E-state index >= 15 is 0 Å². The predicted octanol–water partition coefficient (Wildman–Crippen LogP) is 3.38. The van der Waals surface area contributed by atoms with Gasteiger partial charge in [0.1, 0.15) is 12.0 Å². The van der Waals surface area contributed by atoms with E-state index in [4.69, 9.17) is 17.3 Å². The molecule has 0 aliphatic heterocycles. The number of nitrogens with one attached hydrogen (secondary N) is 2. The smallest absolute Gasteiger partial charge is 0.231 e. The van der Waals surface area contributed by atoms with E-state index in [0.717, 1.165) is 0 Å². The highest BCUT2D eigenvalue weighted by Crippen LogP contribution is 2.40. The van der Waals surface area contributed by atoms with E-state index in [1.165, 1.54) is 12.4 Å². The van der Waals surface area contributed by atoms with Gasteiger partial charge in [0, 0.05) is 28.8 Å². The first-order valence-corrected chi connectivity index (χ1v) is 9.62. The van der Waals surface area contributed by atoms with E-state index in [9.17, 15) is 13.6 Å². The first kappa shape index (κ1) is 18.9. The molecule has 4 N–H and O–H groups in total. The zero-order chi connectivity index (χ0) is 21.2. The van der Waals surface area contributed by atoms with Crippen LogP contribution in [0.2, 0.25) is 5.02 Å². The van der Waals surface area contributed by atoms with Crippen LogP contribution in [0.1, 0.15) is 24.9 Å². The van der Waals surface area contributed by atoms with Gasteiger partial charge < -0.3 is 15.5 Å². The molecule has 3 atom stereocenters. The number of alkyl halides is 1. The van der Waals surface area contributed by atoms with Crippen LogP contribution in [0.15, 0.2) is 24.8 Å². The number of imidazole rings is 1. The van der Waals surface area contributed by atoms with Crippen molar-refractivity contribution >= 4 is 39.9 Å². The third-order valence-electron chi connectivity index (χ3n) is 5.18. The molecule has 5 rings (SSSR count). The molecular weight excluding hydrogens is 416 g/mol. The van der Waals surface area contributed by atoms with Gasteiger partial charge in [0.25, 0.3) is 0 Å². The summed E-state index contributed by atoms with van der Waals surface area (Å²) in [7, 11) is 0. The summed E-state index contributed by atoms with van der Waals surface area (Å²) in [6.07, 6.45) is 5.33. The zero-order valence-corrected chi connectivity index (χ0v) is 16.4. The predicted molar refractivity (Wildman–Crippen MR) is 107 cm³/mol. The van der Waals surface area contributed by atoms with Crippen LogP contribution in [0.25, 0.3) is 27.8 Å². The SMILES string of the molecule is CC(N)c1c(F)c(Cl)c(-c2cn3cc(NC(=O)[C@@H]4C[C@@H]4F)nc3cn2)c2cn[nH]c12. The van der Waals surface area contributed by atoms with Crippen LogP contribution in [0.3, 0.4) is 0 Å². The standard InChI is InChI=1S/C19H16ClF2N7O/c1-7(23)14-17(22)16(20)15(9-3-25-28-18(9)14)11-5-29-6-12(26-13(29)4-24-11)27-19(30)8-2-10(8)21/h3-8,10H,2,23H2,1H3,(H,25,28)(H,27,30)/t7?,8-,10+/m1/s1. The molecule has 30 heavy (non-hydrogen) atoms. The zero-order valence-electron chi connectivity index (χ0n) is 15.7. The third-order valence-corrected chi connectivity index (χ3v) is 5.54. The Balaban J connectivity index is 1.59. The van der Waals surface area contributed by atoms with Gasteiger partial charge in [-0.05, 0) is 13.3 Å². The average Bonchev–Trinajstić information content (AvgIpc) is 3.08. The molecule has 1 amide bonds. The summed E-state index contributed by atoms with van der Waals surface area (Å²) in [5.74, 6) is -1.39. The molecule has 1 unspecified atom stereocenters. The van der Waals surface area contributed by atoms with Gasteiger partial charge in [-0.1, -0.05) is 11.6 Å². The molecule has 1 aromatic carbocycles. The summed E-state index contributed by atoms with van der Waals surface area (Å²) in [5, 5.41) is 9.85. The average molecular weight is 432 g/mol. The number of H-pyrrole nitrogens is 1. The highest BCUT2D eigenvalue weighted by atomic mass is 35.5. The van der Waals surface area contributed by atoms with Crippen molar-refractivity contribution in [1.29, 1.82) is 0 Å². The minimum atomic E-state index is -1.09. The molecule has 1 fully saturated rings. The van der Waals surface area contributed by atoms with Gasteiger partial charge in [0.2, 0.25) is 5.91 Å². The highest BCUT2D eigenvalue weighted by Gasteiger charge is 2.43. The van der Waals surface area contributed by atoms with E-state index in [1.807, 2.05) is 0 Å². The lowest BCUT2D eigenvalue weighted by atomic mass is 9.99. The number of hydrogen-bond acceptors (Lipinski definition) is 5. The Bertz CT molecular complexity index is 1320. The topological polar surface area (TPSA) is 114 Å². The summed E-state index contributed by atoms with van der Waals surface area (Å²) in [4.78, 5) is 20.6. The number of hydrogen-bond donors (Lipinski definition) is 3. The van der Waals surface area contributed by atoms with Crippen molar-refractivity contribution in [2.24, 2.45) is 11.7 Å². The highest BCUT2D eigenvalue weighted by molar-refractivity contribution is 6.35. The maximum atomic E-state index is 15.0. The largest absolute Gasteiger partial charge is 0.324 e. The molecule has 1 aliphatic carbocycles. The number of benzene rings is 1. The van der Waals surface area contributed by atoms with Crippen molar-refractivity contribution in [1.82, 2.24) is 24.6 Å². The Morgan fingerprint density at radius 2 is 2.20 bits per heavy atom. The van der Waals surface area contributed by atoms with Crippen LogP contribution in [0.5, 0.6) is 0 Å². The van der Waals surface area contributed by atoms with E-state index in [0.29, 0.717) is 27.8 Å². The quantitative estimate of drug-likeness (QED) is 0.458. The Morgan fingerprint density at radius 3 is 2.90 bits per heavy atom. The third kappa shape index (κ3) is 2.91. The molecular formula is C19H16ClF2N7O. The van der Waals surface area contributed by atoms with Gasteiger partial charge in [-0.25, -0.2) is 13.8 Å². The van der Waals surface area contributed by atoms with Crippen LogP contribution in [-0.2, 0) is 4.79 Å². The van der Waals surface area contributed by atoms with E-state index in [1.54, 1.807) is 23.7 Å². The van der Waals surface area contributed by atoms with Gasteiger partial charge >= 0.3 is 0 Å². The number of aromatic nitrogens is 5. The summed E-state index contributed by atoms with van der Waals surface area (Å²) in [6.45, 7) is 1.66. The van der Waals surface area contributed by atoms with Crippen molar-refractivity contribution < 1.29 is 13.6 Å². The Morgan fingerprint density at radius 1 is 1.43 bits per heavy atom. The van der Waals surface area contributed by atoms with Crippen LogP contribution in [0.4, 0.5) is 14.6 Å². The number of aromatic amines is 1. The first-order chi connectivity index (χ1) is 14.3. The summed E-state index contributed by atoms with van der Waals surface area (Å²) in [5.41, 5.74) is 7.81. The fourth-order valence-corrected chi connectivity index (χ4v) is 3.86. The second-order valence-electron chi connectivity index (χ2n) is 7.38. The van der Waals surface area contributed by atoms with Crippen LogP contribution in [0, 0.1) is 11.7 Å². The van der Waals surface area contributed by atoms with Crippen LogP contribution in [-0.4, -0.2) is 36.6 Å². The molecule has 0 bridgehead atoms. The number of anilines is 1. The minimum absolute atomic E-state index is 0.112. The van der Waals surface area contributed by atoms with Crippen molar-refractivity contribution in [2.45, 2.75) is 25.6 Å². The van der Waals surface area contributed by atoms with Crippen LogP contribution < -0.4 is 11.1 Å². The second-order valence-corrected chi connectivity index (χ2v) is 7.75. The Kier molecular flexibility index (Phi) is 4.23. The number of carbonyl (C=O) groups excluding carboxylic acids is 1. The lowest BCUT2D eigenvalue weighted by molar-refractivity contribution is -0.117. The fraction of sp³-hybridized carbons (Fsp3) is 0.263. The maximum absolute atomic E-state index is 15.0. The first-order valence-electron chi connectivity index (χ1n) is 9.24. The summed E-state index contributed by atoms with van der Waals surface area (Å²) < 4.78 is 29.7. The molecule has 0 spiro atoms. The summed E-state index contributed by atoms with van der Waals surface area (Å²) >= 11 is 6.36. The fourth-order valence-electron chi connectivity index (χ4n) is 3.56. The molecule has 154 valence electrons. The van der Waals surface area contributed by atoms with Crippen molar-refractivity contribution in [3.8, 4) is 11.3 Å². The molecule has 1 saturated carbocycles. The molecule has 0 saturated heterocycles. The van der Waals surface area contributed by atoms with E-state index in [2.05, 4.69) is 25.5 Å². The number of nitrogens with two attached hydrogens (primary N) is 1. The van der Waals surface area contributed by atoms with Gasteiger partial charge in [-0.3, -0.25) is 14.9 Å². The van der Waals surface area contributed by atoms with Gasteiger partial charge in [0.15, 0.2) is 11.5 Å². The molecule has 11 heteroatoms. The van der Waals surface area contributed by atoms with Crippen molar-refractivity contribution in [3.63, 3.8) is 0 Å². The number of fused-ring (bicyclic) bond motifs is 2. The van der Waals surface area contributed by atoms with Crippen molar-refractivity contribution in [2.75, 3.05) is 5.32 Å². The normalized spacial score (nSPS) is 19.4. The van der Waals surface area contributed by atoms with E-state index < -0.39 is 29.9 Å². The molecule has 3 heterocycles. The van der Waals surface area contributed by atoms with Gasteiger partial charge in [-0.15, -0.1) is 0 Å². The van der Waals surface area contributed by atoms with E-state index in [-0.39, 0.29) is 22.8 Å². The van der Waals surface area contributed by atoms with Gasteiger partial charge in [0.05, 0.1) is 40.7 Å². The molecule has 3 aromatic heterocycles. The Labute approximate surface area is 173 Å². The van der Waals surface area contributed by atoms with Crippen LogP contribution >= 0.6 is 11.6 Å². The summed E-state index contributed by atoms with van der Waals surface area (Å²) in [6, 6.07) is -0.592. The number of nitrogens with zero attached hydrogens (tertiary/aromatic N) is 4. The lowest BCUT2D eigenvalue weighted by Gasteiger charge is -2.14. The monoisotopic (exact) mass is 431 g/mol. The number of amides is 1. The molecule has 4 aromatic rings. The molecule has 1 aliphatic rings. The number of halogens is 3.